The third kappa shape index (κ3) is 4.44. The molecule has 1 N–H and O–H groups in total. The summed E-state index contributed by atoms with van der Waals surface area (Å²) in [7, 11) is 0. The Hall–Kier alpha value is -3.41. The third-order valence-corrected chi connectivity index (χ3v) is 6.38. The van der Waals surface area contributed by atoms with Crippen LogP contribution >= 0.6 is 0 Å². The lowest BCUT2D eigenvalue weighted by Gasteiger charge is -2.31. The molecule has 32 heavy (non-hydrogen) atoms. The summed E-state index contributed by atoms with van der Waals surface area (Å²) in [6, 6.07) is 15.2. The predicted molar refractivity (Wildman–Crippen MR) is 123 cm³/mol. The molecular formula is C26H27NO5. The van der Waals surface area contributed by atoms with Gasteiger partial charge in [0.2, 0.25) is 5.91 Å². The Bertz CT molecular complexity index is 1230. The van der Waals surface area contributed by atoms with Gasteiger partial charge in [-0.05, 0) is 48.4 Å². The molecule has 2 aromatic carbocycles. The van der Waals surface area contributed by atoms with Crippen LogP contribution in [0, 0.1) is 12.8 Å². The van der Waals surface area contributed by atoms with Crippen LogP contribution in [0.5, 0.6) is 0 Å². The lowest BCUT2D eigenvalue weighted by atomic mass is 9.92. The van der Waals surface area contributed by atoms with E-state index in [0.29, 0.717) is 25.0 Å². The second-order valence-corrected chi connectivity index (χ2v) is 8.67. The summed E-state index contributed by atoms with van der Waals surface area (Å²) in [5.74, 6) is -1.47. The zero-order valence-electron chi connectivity index (χ0n) is 18.3. The number of carbonyl (C=O) groups excluding carboxylic acids is 1. The minimum Gasteiger partial charge on any atom is -0.481 e. The number of hydrogen-bond donors (Lipinski definition) is 1. The quantitative estimate of drug-likeness (QED) is 0.595. The average molecular weight is 434 g/mol. The Morgan fingerprint density at radius 2 is 1.94 bits per heavy atom. The number of hydrogen-bond acceptors (Lipinski definition) is 4. The molecule has 1 aromatic heterocycles. The summed E-state index contributed by atoms with van der Waals surface area (Å²) in [5, 5.41) is 10.1. The monoisotopic (exact) mass is 433 g/mol. The van der Waals surface area contributed by atoms with Gasteiger partial charge in [0.1, 0.15) is 5.58 Å². The van der Waals surface area contributed by atoms with Crippen molar-refractivity contribution in [1.82, 2.24) is 4.90 Å². The van der Waals surface area contributed by atoms with Crippen LogP contribution in [0.25, 0.3) is 22.1 Å². The molecule has 3 aromatic rings. The highest BCUT2D eigenvalue weighted by Crippen LogP contribution is 2.32. The molecule has 166 valence electrons. The van der Waals surface area contributed by atoms with Crippen molar-refractivity contribution in [1.29, 1.82) is 0 Å². The first-order valence-corrected chi connectivity index (χ1v) is 11.0. The Kier molecular flexibility index (Phi) is 6.12. The maximum atomic E-state index is 12.8. The zero-order chi connectivity index (χ0) is 22.8. The van der Waals surface area contributed by atoms with Gasteiger partial charge in [-0.1, -0.05) is 43.3 Å². The number of aryl methyl sites for hydroxylation is 1. The van der Waals surface area contributed by atoms with Crippen molar-refractivity contribution in [2.45, 2.75) is 39.0 Å². The zero-order valence-corrected chi connectivity index (χ0v) is 18.3. The van der Waals surface area contributed by atoms with Crippen molar-refractivity contribution in [3.05, 3.63) is 70.1 Å². The van der Waals surface area contributed by atoms with E-state index >= 15 is 0 Å². The molecule has 4 rings (SSSR count). The highest BCUT2D eigenvalue weighted by molar-refractivity contribution is 5.94. The summed E-state index contributed by atoms with van der Waals surface area (Å²) in [6.45, 7) is 4.84. The van der Waals surface area contributed by atoms with Crippen LogP contribution in [0.1, 0.15) is 43.2 Å². The first kappa shape index (κ1) is 21.8. The number of piperidine rings is 1. The first-order chi connectivity index (χ1) is 15.3. The first-order valence-electron chi connectivity index (χ1n) is 11.0. The molecule has 1 aliphatic heterocycles. The van der Waals surface area contributed by atoms with Crippen LogP contribution in [-0.4, -0.2) is 35.0 Å². The maximum Gasteiger partial charge on any atom is 0.336 e. The normalized spacial score (nSPS) is 17.3. The molecule has 1 saturated heterocycles. The Labute approximate surface area is 186 Å². The third-order valence-electron chi connectivity index (χ3n) is 6.38. The van der Waals surface area contributed by atoms with Gasteiger partial charge in [-0.2, -0.15) is 0 Å². The van der Waals surface area contributed by atoms with Gasteiger partial charge in [-0.15, -0.1) is 0 Å². The summed E-state index contributed by atoms with van der Waals surface area (Å²) < 4.78 is 5.50. The van der Waals surface area contributed by atoms with Gasteiger partial charge in [0, 0.05) is 36.5 Å². The van der Waals surface area contributed by atoms with Gasteiger partial charge in [0.05, 0.1) is 5.92 Å². The van der Waals surface area contributed by atoms with Crippen LogP contribution in [0.4, 0.5) is 0 Å². The molecule has 0 aliphatic carbocycles. The number of aliphatic carboxylic acids is 1. The topological polar surface area (TPSA) is 87.8 Å². The highest BCUT2D eigenvalue weighted by Gasteiger charge is 2.28. The average Bonchev–Trinajstić information content (AvgIpc) is 2.78. The number of amides is 1. The molecule has 0 bridgehead atoms. The van der Waals surface area contributed by atoms with Gasteiger partial charge in [0.25, 0.3) is 0 Å². The molecular weight excluding hydrogens is 406 g/mol. The molecule has 1 fully saturated rings. The van der Waals surface area contributed by atoms with Crippen molar-refractivity contribution in [3.8, 4) is 11.1 Å². The van der Waals surface area contributed by atoms with Crippen molar-refractivity contribution in [2.75, 3.05) is 13.1 Å². The number of carboxylic acid groups (broad SMARTS) is 1. The molecule has 1 aliphatic rings. The van der Waals surface area contributed by atoms with E-state index in [-0.39, 0.29) is 24.8 Å². The number of rotatable bonds is 5. The molecule has 1 amide bonds. The number of benzene rings is 2. The van der Waals surface area contributed by atoms with Gasteiger partial charge >= 0.3 is 11.6 Å². The number of carboxylic acids is 1. The van der Waals surface area contributed by atoms with Crippen molar-refractivity contribution in [2.24, 2.45) is 5.92 Å². The van der Waals surface area contributed by atoms with E-state index in [9.17, 15) is 19.5 Å². The fourth-order valence-corrected chi connectivity index (χ4v) is 4.50. The van der Waals surface area contributed by atoms with Crippen molar-refractivity contribution in [3.63, 3.8) is 0 Å². The fraction of sp³-hybridized carbons (Fsp3) is 0.346. The Morgan fingerprint density at radius 3 is 2.69 bits per heavy atom. The van der Waals surface area contributed by atoms with Crippen LogP contribution in [0.2, 0.25) is 0 Å². The van der Waals surface area contributed by atoms with Gasteiger partial charge in [0.15, 0.2) is 0 Å². The number of carbonyl (C=O) groups is 2. The maximum absolute atomic E-state index is 12.8. The van der Waals surface area contributed by atoms with E-state index in [1.165, 1.54) is 6.07 Å². The summed E-state index contributed by atoms with van der Waals surface area (Å²) in [5.41, 5.74) is 3.88. The lowest BCUT2D eigenvalue weighted by Crippen LogP contribution is -2.42. The van der Waals surface area contributed by atoms with Crippen LogP contribution < -0.4 is 5.63 Å². The van der Waals surface area contributed by atoms with Crippen LogP contribution in [0.3, 0.4) is 0 Å². The molecule has 0 spiro atoms. The Morgan fingerprint density at radius 1 is 1.16 bits per heavy atom. The Balaban J connectivity index is 1.59. The second-order valence-electron chi connectivity index (χ2n) is 8.67. The largest absolute Gasteiger partial charge is 0.481 e. The van der Waals surface area contributed by atoms with Crippen molar-refractivity contribution >= 4 is 22.8 Å². The molecule has 6 nitrogen and oxygen atoms in total. The minimum atomic E-state index is -0.843. The minimum absolute atomic E-state index is 0.0429. The van der Waals surface area contributed by atoms with E-state index in [1.54, 1.807) is 4.90 Å². The second kappa shape index (κ2) is 8.99. The summed E-state index contributed by atoms with van der Waals surface area (Å²) in [6.07, 6.45) is 1.60. The molecule has 2 unspecified atom stereocenters. The summed E-state index contributed by atoms with van der Waals surface area (Å²) >= 11 is 0. The molecule has 0 saturated carbocycles. The van der Waals surface area contributed by atoms with Gasteiger partial charge in [-0.25, -0.2) is 4.79 Å². The molecule has 6 heteroatoms. The smallest absolute Gasteiger partial charge is 0.336 e. The number of nitrogens with zero attached hydrogens (tertiary/aromatic N) is 1. The SMILES string of the molecule is Cc1ccccc1-c1cc(=O)oc2cc(C(C)CC(=O)N3CCCC(C(=O)O)C3)ccc12. The molecule has 2 atom stereocenters. The summed E-state index contributed by atoms with van der Waals surface area (Å²) in [4.78, 5) is 38.0. The van der Waals surface area contributed by atoms with Crippen molar-refractivity contribution < 1.29 is 19.1 Å². The van der Waals surface area contributed by atoms with Gasteiger partial charge < -0.3 is 14.4 Å². The highest BCUT2D eigenvalue weighted by atomic mass is 16.4. The number of likely N-dealkylation sites (tertiary alicyclic amines) is 1. The van der Waals surface area contributed by atoms with Crippen LogP contribution in [0.15, 0.2) is 57.7 Å². The fourth-order valence-electron chi connectivity index (χ4n) is 4.50. The standard InChI is InChI=1S/C26H27NO5/c1-16-6-3-4-8-20(16)22-14-25(29)32-23-13-18(9-10-21(22)23)17(2)12-24(28)27-11-5-7-19(15-27)26(30)31/h3-4,6,8-10,13-14,17,19H,5,7,11-12,15H2,1-2H3,(H,30,31). The van der Waals surface area contributed by atoms with Gasteiger partial charge in [-0.3, -0.25) is 9.59 Å². The van der Waals surface area contributed by atoms with Crippen LogP contribution in [-0.2, 0) is 9.59 Å². The predicted octanol–water partition coefficient (Wildman–Crippen LogP) is 4.59. The lowest BCUT2D eigenvalue weighted by molar-refractivity contribution is -0.145. The number of fused-ring (bicyclic) bond motifs is 1. The van der Waals surface area contributed by atoms with E-state index in [1.807, 2.05) is 56.3 Å². The van der Waals surface area contributed by atoms with E-state index in [4.69, 9.17) is 4.42 Å². The van der Waals surface area contributed by atoms with E-state index in [0.717, 1.165) is 27.6 Å². The molecule has 2 heterocycles. The van der Waals surface area contributed by atoms with E-state index < -0.39 is 17.5 Å². The molecule has 0 radical (unpaired) electrons. The van der Waals surface area contributed by atoms with E-state index in [2.05, 4.69) is 0 Å².